The summed E-state index contributed by atoms with van der Waals surface area (Å²) in [5.41, 5.74) is 6.47. The van der Waals surface area contributed by atoms with E-state index in [-0.39, 0.29) is 0 Å². The van der Waals surface area contributed by atoms with Gasteiger partial charge in [0, 0.05) is 19.2 Å². The van der Waals surface area contributed by atoms with Gasteiger partial charge in [-0.2, -0.15) is 9.97 Å². The Morgan fingerprint density at radius 3 is 2.11 bits per heavy atom. The number of rotatable bonds is 5. The number of nitrogens with two attached hydrogens (primary N) is 1. The first-order chi connectivity index (χ1) is 8.79. The van der Waals surface area contributed by atoms with Gasteiger partial charge in [0.2, 0.25) is 5.95 Å². The molecule has 1 heterocycles. The second-order valence-electron chi connectivity index (χ2n) is 6.40. The van der Waals surface area contributed by atoms with Crippen LogP contribution in [-0.4, -0.2) is 23.1 Å². The van der Waals surface area contributed by atoms with Crippen LogP contribution in [0.15, 0.2) is 6.07 Å². The highest BCUT2D eigenvalue weighted by atomic mass is 15.1. The Morgan fingerprint density at radius 1 is 1.11 bits per heavy atom. The molecule has 1 aromatic heterocycles. The molecule has 0 radical (unpaired) electrons. The van der Waals surface area contributed by atoms with E-state index < -0.39 is 0 Å². The van der Waals surface area contributed by atoms with Crippen LogP contribution in [0.3, 0.4) is 0 Å². The quantitative estimate of drug-likeness (QED) is 0.761. The average Bonchev–Trinajstić information content (AvgIpc) is 2.66. The monoisotopic (exact) mass is 263 g/mol. The molecule has 1 saturated carbocycles. The number of nitrogens with zero attached hydrogens (tertiary/aromatic N) is 2. The minimum atomic E-state index is 0.301. The molecule has 1 fully saturated rings. The van der Waals surface area contributed by atoms with Crippen molar-refractivity contribution in [2.75, 3.05) is 29.5 Å². The maximum atomic E-state index is 5.72. The summed E-state index contributed by atoms with van der Waals surface area (Å²) in [5, 5.41) is 6.54. The van der Waals surface area contributed by atoms with Gasteiger partial charge in [-0.05, 0) is 23.7 Å². The van der Waals surface area contributed by atoms with Crippen molar-refractivity contribution >= 4 is 17.6 Å². The third-order valence-corrected chi connectivity index (χ3v) is 4.91. The van der Waals surface area contributed by atoms with Crippen LogP contribution in [0.25, 0.3) is 0 Å². The molecule has 0 amide bonds. The zero-order chi connectivity index (χ0) is 14.3. The molecule has 1 aromatic rings. The van der Waals surface area contributed by atoms with Crippen LogP contribution in [0.5, 0.6) is 0 Å². The van der Waals surface area contributed by atoms with Crippen LogP contribution in [-0.2, 0) is 0 Å². The van der Waals surface area contributed by atoms with E-state index in [1.54, 1.807) is 0 Å². The number of hydrogen-bond acceptors (Lipinski definition) is 5. The molecule has 0 saturated heterocycles. The van der Waals surface area contributed by atoms with E-state index in [9.17, 15) is 0 Å². The molecule has 0 spiro atoms. The first-order valence-electron chi connectivity index (χ1n) is 6.91. The van der Waals surface area contributed by atoms with Gasteiger partial charge in [-0.3, -0.25) is 0 Å². The summed E-state index contributed by atoms with van der Waals surface area (Å²) in [6.45, 7) is 13.0. The highest BCUT2D eigenvalue weighted by molar-refractivity contribution is 5.51. The molecule has 1 aliphatic carbocycles. The molecular weight excluding hydrogens is 238 g/mol. The smallest absolute Gasteiger partial charge is 0.223 e. The lowest BCUT2D eigenvalue weighted by Crippen LogP contribution is -2.11. The van der Waals surface area contributed by atoms with Gasteiger partial charge in [0.05, 0.1) is 0 Å². The van der Waals surface area contributed by atoms with Gasteiger partial charge in [0.1, 0.15) is 11.6 Å². The van der Waals surface area contributed by atoms with Crippen molar-refractivity contribution in [3.63, 3.8) is 0 Å². The summed E-state index contributed by atoms with van der Waals surface area (Å²) in [6, 6.07) is 1.90. The molecule has 0 bridgehead atoms. The summed E-state index contributed by atoms with van der Waals surface area (Å²) < 4.78 is 0. The van der Waals surface area contributed by atoms with Crippen LogP contribution in [0.1, 0.15) is 34.6 Å². The molecule has 0 aromatic carbocycles. The molecule has 0 aliphatic heterocycles. The molecule has 5 heteroatoms. The Kier molecular flexibility index (Phi) is 3.32. The maximum absolute atomic E-state index is 5.72. The molecular formula is C14H25N5. The fraction of sp³-hybridized carbons (Fsp3) is 0.714. The molecule has 0 unspecified atom stereocenters. The lowest BCUT2D eigenvalue weighted by Gasteiger charge is -2.09. The van der Waals surface area contributed by atoms with E-state index in [1.807, 2.05) is 13.0 Å². The van der Waals surface area contributed by atoms with E-state index in [1.165, 1.54) is 0 Å². The second kappa shape index (κ2) is 4.54. The van der Waals surface area contributed by atoms with Crippen LogP contribution in [0, 0.1) is 16.7 Å². The molecule has 19 heavy (non-hydrogen) atoms. The van der Waals surface area contributed by atoms with Gasteiger partial charge in [-0.25, -0.2) is 0 Å². The number of hydrogen-bond donors (Lipinski definition) is 3. The Bertz CT molecular complexity index is 453. The van der Waals surface area contributed by atoms with Gasteiger partial charge in [0.25, 0.3) is 0 Å². The van der Waals surface area contributed by atoms with Gasteiger partial charge >= 0.3 is 0 Å². The van der Waals surface area contributed by atoms with Crippen molar-refractivity contribution in [3.05, 3.63) is 6.07 Å². The molecule has 5 nitrogen and oxygen atoms in total. The van der Waals surface area contributed by atoms with Crippen molar-refractivity contribution in [1.29, 1.82) is 0 Å². The molecule has 1 aliphatic rings. The maximum Gasteiger partial charge on any atom is 0.223 e. The fourth-order valence-electron chi connectivity index (χ4n) is 2.88. The summed E-state index contributed by atoms with van der Waals surface area (Å²) in [6.07, 6.45) is 0. The summed E-state index contributed by atoms with van der Waals surface area (Å²) >= 11 is 0. The van der Waals surface area contributed by atoms with Gasteiger partial charge in [-0.1, -0.05) is 27.7 Å². The minimum Gasteiger partial charge on any atom is -0.370 e. The predicted octanol–water partition coefficient (Wildman–Crippen LogP) is 2.58. The Hall–Kier alpha value is -1.52. The van der Waals surface area contributed by atoms with Crippen LogP contribution < -0.4 is 16.4 Å². The third kappa shape index (κ3) is 2.46. The number of nitrogens with one attached hydrogen (secondary N) is 2. The molecule has 0 atom stereocenters. The van der Waals surface area contributed by atoms with E-state index in [2.05, 4.69) is 48.3 Å². The van der Waals surface area contributed by atoms with E-state index in [0.29, 0.717) is 22.7 Å². The highest BCUT2D eigenvalue weighted by Crippen LogP contribution is 2.68. The van der Waals surface area contributed by atoms with Crippen molar-refractivity contribution in [2.45, 2.75) is 34.6 Å². The average molecular weight is 263 g/mol. The first-order valence-corrected chi connectivity index (χ1v) is 6.91. The van der Waals surface area contributed by atoms with Crippen molar-refractivity contribution in [3.8, 4) is 0 Å². The standard InChI is InChI=1S/C14H25N5/c1-6-16-10-7-11(19-12(15)18-10)17-8-9-13(2,3)14(9,4)5/h7,9H,6,8H2,1-5H3,(H4,15,16,17,18,19). The zero-order valence-corrected chi connectivity index (χ0v) is 12.5. The zero-order valence-electron chi connectivity index (χ0n) is 12.5. The lowest BCUT2D eigenvalue weighted by atomic mass is 10.0. The van der Waals surface area contributed by atoms with E-state index in [0.717, 1.165) is 24.7 Å². The summed E-state index contributed by atoms with van der Waals surface area (Å²) in [7, 11) is 0. The Morgan fingerprint density at radius 2 is 1.63 bits per heavy atom. The lowest BCUT2D eigenvalue weighted by molar-refractivity contribution is 0.457. The van der Waals surface area contributed by atoms with Crippen molar-refractivity contribution < 1.29 is 0 Å². The first kappa shape index (κ1) is 13.9. The van der Waals surface area contributed by atoms with E-state index in [4.69, 9.17) is 5.73 Å². The topological polar surface area (TPSA) is 75.9 Å². The highest BCUT2D eigenvalue weighted by Gasteiger charge is 2.64. The minimum absolute atomic E-state index is 0.301. The van der Waals surface area contributed by atoms with Crippen molar-refractivity contribution in [2.24, 2.45) is 16.7 Å². The number of nitrogen functional groups attached to an aromatic ring is 1. The van der Waals surface area contributed by atoms with E-state index >= 15 is 0 Å². The molecule has 4 N–H and O–H groups in total. The Labute approximate surface area is 115 Å². The van der Waals surface area contributed by atoms with Gasteiger partial charge in [0.15, 0.2) is 0 Å². The van der Waals surface area contributed by atoms with Crippen molar-refractivity contribution in [1.82, 2.24) is 9.97 Å². The normalized spacial score (nSPS) is 20.1. The Balaban J connectivity index is 2.01. The summed E-state index contributed by atoms with van der Waals surface area (Å²) in [4.78, 5) is 8.37. The van der Waals surface area contributed by atoms with Gasteiger partial charge < -0.3 is 16.4 Å². The molecule has 106 valence electrons. The SMILES string of the molecule is CCNc1cc(NCC2C(C)(C)C2(C)C)nc(N)n1. The fourth-order valence-corrected chi connectivity index (χ4v) is 2.88. The largest absolute Gasteiger partial charge is 0.370 e. The molecule has 2 rings (SSSR count). The second-order valence-corrected chi connectivity index (χ2v) is 6.40. The summed E-state index contributed by atoms with van der Waals surface area (Å²) in [5.74, 6) is 2.52. The van der Waals surface area contributed by atoms with Crippen LogP contribution in [0.4, 0.5) is 17.6 Å². The number of aromatic nitrogens is 2. The number of anilines is 3. The predicted molar refractivity (Wildman–Crippen MR) is 80.1 cm³/mol. The van der Waals surface area contributed by atoms with Crippen LogP contribution in [0.2, 0.25) is 0 Å². The van der Waals surface area contributed by atoms with Gasteiger partial charge in [-0.15, -0.1) is 0 Å². The third-order valence-electron chi connectivity index (χ3n) is 4.91. The van der Waals surface area contributed by atoms with Crippen LogP contribution >= 0.6 is 0 Å².